The van der Waals surface area contributed by atoms with E-state index in [1.54, 1.807) is 11.1 Å². The molecule has 1 saturated heterocycles. The second-order valence-corrected chi connectivity index (χ2v) is 10.1. The van der Waals surface area contributed by atoms with E-state index in [9.17, 15) is 9.59 Å². The van der Waals surface area contributed by atoms with Crippen molar-refractivity contribution in [3.8, 4) is 5.88 Å². The van der Waals surface area contributed by atoms with Gasteiger partial charge in [-0.1, -0.05) is 6.92 Å². The largest absolute Gasteiger partial charge is 0.476 e. The molecule has 30 heavy (non-hydrogen) atoms. The van der Waals surface area contributed by atoms with Crippen LogP contribution in [0.5, 0.6) is 5.88 Å². The number of nitrogens with zero attached hydrogens (tertiary/aromatic N) is 2. The van der Waals surface area contributed by atoms with Crippen LogP contribution in [0.2, 0.25) is 0 Å². The topological polar surface area (TPSA) is 80.8 Å². The summed E-state index contributed by atoms with van der Waals surface area (Å²) in [4.78, 5) is 31.3. The van der Waals surface area contributed by atoms with Crippen molar-refractivity contribution < 1.29 is 19.1 Å². The van der Waals surface area contributed by atoms with E-state index in [0.29, 0.717) is 25.4 Å². The van der Waals surface area contributed by atoms with E-state index in [0.717, 1.165) is 11.1 Å². The highest BCUT2D eigenvalue weighted by atomic mass is 16.6. The predicted molar refractivity (Wildman–Crippen MR) is 117 cm³/mol. The van der Waals surface area contributed by atoms with Crippen LogP contribution in [0, 0.1) is 25.2 Å². The van der Waals surface area contributed by atoms with Gasteiger partial charge in [0.05, 0.1) is 5.41 Å². The molecule has 2 amide bonds. The molecule has 1 N–H and O–H groups in total. The highest BCUT2D eigenvalue weighted by Crippen LogP contribution is 2.24. The smallest absolute Gasteiger partial charge is 0.410 e. The third kappa shape index (κ3) is 6.61. The van der Waals surface area contributed by atoms with Crippen LogP contribution in [0.4, 0.5) is 4.79 Å². The number of amides is 2. The SMILES string of the molecule is Cc1cnc(OCC(C)(C)C(=O)N[C@@H]2CCN(C(=O)OC(C)(C)C)C[C@H]2C)c(C)c1. The lowest BCUT2D eigenvalue weighted by Gasteiger charge is -2.39. The van der Waals surface area contributed by atoms with Gasteiger partial charge in [-0.3, -0.25) is 4.79 Å². The first-order chi connectivity index (χ1) is 13.8. The first kappa shape index (κ1) is 24.0. The molecule has 1 aromatic rings. The minimum atomic E-state index is -0.707. The molecule has 2 rings (SSSR count). The Hall–Kier alpha value is -2.31. The fourth-order valence-corrected chi connectivity index (χ4v) is 3.38. The summed E-state index contributed by atoms with van der Waals surface area (Å²) in [6.07, 6.45) is 2.16. The Morgan fingerprint density at radius 1 is 1.23 bits per heavy atom. The Kier molecular flexibility index (Phi) is 7.37. The average Bonchev–Trinajstić information content (AvgIpc) is 2.61. The first-order valence-electron chi connectivity index (χ1n) is 10.6. The lowest BCUT2D eigenvalue weighted by Crippen LogP contribution is -2.54. The molecule has 0 aliphatic carbocycles. The number of rotatable bonds is 5. The van der Waals surface area contributed by atoms with E-state index < -0.39 is 11.0 Å². The van der Waals surface area contributed by atoms with Crippen LogP contribution in [0.1, 0.15) is 59.1 Å². The van der Waals surface area contributed by atoms with Gasteiger partial charge in [-0.15, -0.1) is 0 Å². The summed E-state index contributed by atoms with van der Waals surface area (Å²) in [6.45, 7) is 16.7. The molecule has 0 saturated carbocycles. The summed E-state index contributed by atoms with van der Waals surface area (Å²) in [7, 11) is 0. The van der Waals surface area contributed by atoms with Gasteiger partial charge in [0.1, 0.15) is 12.2 Å². The maximum absolute atomic E-state index is 12.9. The fraction of sp³-hybridized carbons (Fsp3) is 0.696. The van der Waals surface area contributed by atoms with Crippen LogP contribution >= 0.6 is 0 Å². The highest BCUT2D eigenvalue weighted by Gasteiger charge is 2.36. The molecule has 0 unspecified atom stereocenters. The second kappa shape index (κ2) is 9.23. The molecular weight excluding hydrogens is 382 g/mol. The fourth-order valence-electron chi connectivity index (χ4n) is 3.38. The average molecular weight is 420 g/mol. The van der Waals surface area contributed by atoms with Crippen molar-refractivity contribution in [2.75, 3.05) is 19.7 Å². The number of carbonyl (C=O) groups excluding carboxylic acids is 2. The van der Waals surface area contributed by atoms with Gasteiger partial charge < -0.3 is 19.7 Å². The molecule has 2 atom stereocenters. The zero-order valence-corrected chi connectivity index (χ0v) is 19.7. The lowest BCUT2D eigenvalue weighted by molar-refractivity contribution is -0.132. The molecule has 0 bridgehead atoms. The van der Waals surface area contributed by atoms with E-state index in [2.05, 4.69) is 10.3 Å². The molecule has 0 spiro atoms. The molecule has 168 valence electrons. The number of ether oxygens (including phenoxy) is 2. The molecule has 1 aliphatic rings. The number of aryl methyl sites for hydroxylation is 2. The molecule has 1 fully saturated rings. The Labute approximate surface area is 180 Å². The van der Waals surface area contributed by atoms with E-state index >= 15 is 0 Å². The standard InChI is InChI=1S/C23H37N3O4/c1-15-11-16(2)19(24-12-15)29-14-23(7,8)20(27)25-18-9-10-26(13-17(18)3)21(28)30-22(4,5)6/h11-12,17-18H,9-10,13-14H2,1-8H3,(H,25,27)/t17-,18-/m1/s1. The minimum Gasteiger partial charge on any atom is -0.476 e. The van der Waals surface area contributed by atoms with E-state index in [4.69, 9.17) is 9.47 Å². The number of nitrogens with one attached hydrogen (secondary N) is 1. The molecule has 1 aliphatic heterocycles. The van der Waals surface area contributed by atoms with Gasteiger partial charge in [-0.25, -0.2) is 9.78 Å². The maximum Gasteiger partial charge on any atom is 0.410 e. The van der Waals surface area contributed by atoms with Gasteiger partial charge in [0.15, 0.2) is 0 Å². The summed E-state index contributed by atoms with van der Waals surface area (Å²) >= 11 is 0. The second-order valence-electron chi connectivity index (χ2n) is 10.1. The van der Waals surface area contributed by atoms with Crippen LogP contribution < -0.4 is 10.1 Å². The molecule has 7 heteroatoms. The number of pyridine rings is 1. The molecule has 2 heterocycles. The van der Waals surface area contributed by atoms with Crippen molar-refractivity contribution >= 4 is 12.0 Å². The van der Waals surface area contributed by atoms with Crippen LogP contribution in [-0.2, 0) is 9.53 Å². The van der Waals surface area contributed by atoms with Gasteiger partial charge in [0.25, 0.3) is 0 Å². The van der Waals surface area contributed by atoms with Gasteiger partial charge in [0, 0.05) is 30.9 Å². The van der Waals surface area contributed by atoms with E-state index in [1.165, 1.54) is 0 Å². The quantitative estimate of drug-likeness (QED) is 0.784. The Morgan fingerprint density at radius 2 is 1.90 bits per heavy atom. The van der Waals surface area contributed by atoms with Crippen LogP contribution in [0.3, 0.4) is 0 Å². The number of aromatic nitrogens is 1. The van der Waals surface area contributed by atoms with Crippen molar-refractivity contribution in [1.82, 2.24) is 15.2 Å². The van der Waals surface area contributed by atoms with E-state index in [1.807, 2.05) is 61.5 Å². The monoisotopic (exact) mass is 419 g/mol. The third-order valence-corrected chi connectivity index (χ3v) is 5.22. The van der Waals surface area contributed by atoms with Gasteiger partial charge >= 0.3 is 6.09 Å². The third-order valence-electron chi connectivity index (χ3n) is 5.22. The number of hydrogen-bond donors (Lipinski definition) is 1. The van der Waals surface area contributed by atoms with Crippen LogP contribution in [0.15, 0.2) is 12.3 Å². The Bertz CT molecular complexity index is 770. The predicted octanol–water partition coefficient (Wildman–Crippen LogP) is 3.87. The Morgan fingerprint density at radius 3 is 2.47 bits per heavy atom. The molecule has 1 aromatic heterocycles. The van der Waals surface area contributed by atoms with Crippen LogP contribution in [-0.4, -0.2) is 53.2 Å². The van der Waals surface area contributed by atoms with Crippen LogP contribution in [0.25, 0.3) is 0 Å². The minimum absolute atomic E-state index is 0.00898. The highest BCUT2D eigenvalue weighted by molar-refractivity contribution is 5.82. The number of carbonyl (C=O) groups is 2. The number of likely N-dealkylation sites (tertiary alicyclic amines) is 1. The summed E-state index contributed by atoms with van der Waals surface area (Å²) < 4.78 is 11.3. The summed E-state index contributed by atoms with van der Waals surface area (Å²) in [5.74, 6) is 0.628. The summed E-state index contributed by atoms with van der Waals surface area (Å²) in [5, 5.41) is 3.16. The van der Waals surface area contributed by atoms with Crippen molar-refractivity contribution in [2.24, 2.45) is 11.3 Å². The zero-order valence-electron chi connectivity index (χ0n) is 19.7. The molecule has 0 aromatic carbocycles. The van der Waals surface area contributed by atoms with Gasteiger partial charge in [-0.05, 0) is 72.4 Å². The van der Waals surface area contributed by atoms with Gasteiger partial charge in [0.2, 0.25) is 11.8 Å². The van der Waals surface area contributed by atoms with E-state index in [-0.39, 0.29) is 30.6 Å². The zero-order chi connectivity index (χ0) is 22.7. The van der Waals surface area contributed by atoms with Crippen molar-refractivity contribution in [1.29, 1.82) is 0 Å². The van der Waals surface area contributed by atoms with Crippen molar-refractivity contribution in [3.05, 3.63) is 23.4 Å². The molecule has 7 nitrogen and oxygen atoms in total. The lowest BCUT2D eigenvalue weighted by atomic mass is 9.89. The summed E-state index contributed by atoms with van der Waals surface area (Å²) in [5.41, 5.74) is 0.805. The molecule has 0 radical (unpaired) electrons. The van der Waals surface area contributed by atoms with Gasteiger partial charge in [-0.2, -0.15) is 0 Å². The maximum atomic E-state index is 12.9. The number of hydrogen-bond acceptors (Lipinski definition) is 5. The summed E-state index contributed by atoms with van der Waals surface area (Å²) in [6, 6.07) is 2.02. The Balaban J connectivity index is 1.89. The number of piperidine rings is 1. The van der Waals surface area contributed by atoms with Crippen molar-refractivity contribution in [2.45, 2.75) is 73.5 Å². The first-order valence-corrected chi connectivity index (χ1v) is 10.6. The normalized spacial score (nSPS) is 19.9. The molecular formula is C23H37N3O4. The van der Waals surface area contributed by atoms with Crippen molar-refractivity contribution in [3.63, 3.8) is 0 Å².